The molecule has 5 heterocycles. The largest absolute Gasteiger partial charge is 0.472 e. The molecule has 8 N–H and O–H groups in total. The van der Waals surface area contributed by atoms with E-state index in [2.05, 4.69) is 30.2 Å². The predicted octanol–water partition coefficient (Wildman–Crippen LogP) is -1.37. The second-order valence-electron chi connectivity index (χ2n) is 9.83. The number of phosphoric ester groups is 2. The van der Waals surface area contributed by atoms with Crippen molar-refractivity contribution in [3.8, 4) is 0 Å². The fourth-order valence-electron chi connectivity index (χ4n) is 5.18. The average molecular weight is 632 g/mol. The summed E-state index contributed by atoms with van der Waals surface area (Å²) in [7, 11) is -9.90. The van der Waals surface area contributed by atoms with Crippen LogP contribution in [0.4, 0.5) is 11.8 Å². The van der Waals surface area contributed by atoms with Gasteiger partial charge in [-0.1, -0.05) is 0 Å². The lowest BCUT2D eigenvalue weighted by Gasteiger charge is -2.27. The summed E-state index contributed by atoms with van der Waals surface area (Å²) in [4.78, 5) is 51.5. The Bertz CT molecular complexity index is 1610. The Morgan fingerprint density at radius 2 is 1.81 bits per heavy atom. The lowest BCUT2D eigenvalue weighted by molar-refractivity contribution is -0.0606. The van der Waals surface area contributed by atoms with Crippen molar-refractivity contribution in [2.45, 2.75) is 49.2 Å². The van der Waals surface area contributed by atoms with Gasteiger partial charge in [0.2, 0.25) is 5.95 Å². The summed E-state index contributed by atoms with van der Waals surface area (Å²) in [5, 5.41) is 24.9. The maximum absolute atomic E-state index is 13.1. The van der Waals surface area contributed by atoms with Crippen LogP contribution in [-0.4, -0.2) is 99.3 Å². The molecule has 228 valence electrons. The van der Waals surface area contributed by atoms with Gasteiger partial charge in [-0.2, -0.15) is 4.98 Å². The number of aromatic amines is 1. The Morgan fingerprint density at radius 3 is 2.55 bits per heavy atom. The van der Waals surface area contributed by atoms with E-state index in [-0.39, 0.29) is 23.5 Å². The van der Waals surface area contributed by atoms with Crippen molar-refractivity contribution in [1.29, 1.82) is 0 Å². The molecule has 10 atom stereocenters. The monoisotopic (exact) mass is 632 g/mol. The molecule has 2 aliphatic heterocycles. The van der Waals surface area contributed by atoms with Crippen LogP contribution in [0, 0.1) is 5.92 Å². The number of nitrogens with zero attached hydrogens (tertiary/aromatic N) is 5. The van der Waals surface area contributed by atoms with Gasteiger partial charge in [0, 0.05) is 12.1 Å². The van der Waals surface area contributed by atoms with Crippen LogP contribution in [0.3, 0.4) is 0 Å². The topological polar surface area (TPSA) is 289 Å². The van der Waals surface area contributed by atoms with Crippen molar-refractivity contribution in [2.24, 2.45) is 5.92 Å². The van der Waals surface area contributed by atoms with Crippen molar-refractivity contribution in [2.75, 3.05) is 24.3 Å². The van der Waals surface area contributed by atoms with Gasteiger partial charge in [-0.15, -0.1) is 0 Å². The molecular weight excluding hydrogens is 606 g/mol. The summed E-state index contributed by atoms with van der Waals surface area (Å²) in [6.07, 6.45) is -5.10. The molecule has 20 nitrogen and oxygen atoms in total. The van der Waals surface area contributed by atoms with Crippen LogP contribution in [0.15, 0.2) is 29.7 Å². The SMILES string of the molecule is Nc1nc2c(ncn2[C@@H]2O[C@@H]3COP(=O)(O)O[C@@H]4[C@@H](COP(=O)(O)O[C@@H]2[C@@H]3O)C[C@@H](Nc2ccncn2)[C@@H]4O)c(=O)[nH]1. The van der Waals surface area contributed by atoms with Crippen LogP contribution < -0.4 is 16.6 Å². The van der Waals surface area contributed by atoms with E-state index >= 15 is 0 Å². The molecule has 0 radical (unpaired) electrons. The number of hydrogen-bond acceptors (Lipinski definition) is 16. The first-order valence-electron chi connectivity index (χ1n) is 12.5. The normalized spacial score (nSPS) is 39.2. The minimum absolute atomic E-state index is 0.0545. The Morgan fingerprint density at radius 1 is 1.07 bits per heavy atom. The molecule has 1 saturated carbocycles. The number of fused-ring (bicyclic) bond motifs is 4. The summed E-state index contributed by atoms with van der Waals surface area (Å²) >= 11 is 0. The minimum Gasteiger partial charge on any atom is -0.388 e. The van der Waals surface area contributed by atoms with Crippen LogP contribution in [0.2, 0.25) is 0 Å². The van der Waals surface area contributed by atoms with Crippen molar-refractivity contribution in [3.05, 3.63) is 35.3 Å². The highest BCUT2D eigenvalue weighted by atomic mass is 31.2. The zero-order valence-corrected chi connectivity index (χ0v) is 23.1. The van der Waals surface area contributed by atoms with Gasteiger partial charge >= 0.3 is 15.6 Å². The molecule has 3 aromatic rings. The molecule has 3 fully saturated rings. The first-order valence-corrected chi connectivity index (χ1v) is 15.5. The summed E-state index contributed by atoms with van der Waals surface area (Å²) in [6.45, 7) is -1.32. The van der Waals surface area contributed by atoms with Gasteiger partial charge in [0.15, 0.2) is 17.4 Å². The van der Waals surface area contributed by atoms with E-state index in [9.17, 15) is 33.9 Å². The van der Waals surface area contributed by atoms with E-state index in [1.807, 2.05) is 0 Å². The van der Waals surface area contributed by atoms with Gasteiger partial charge in [-0.3, -0.25) is 32.4 Å². The molecule has 3 aromatic heterocycles. The molecule has 0 amide bonds. The maximum Gasteiger partial charge on any atom is 0.472 e. The van der Waals surface area contributed by atoms with Crippen LogP contribution in [0.5, 0.6) is 0 Å². The molecule has 0 spiro atoms. The lowest BCUT2D eigenvalue weighted by Crippen LogP contribution is -2.37. The van der Waals surface area contributed by atoms with Crippen molar-refractivity contribution in [3.63, 3.8) is 0 Å². The molecule has 2 bridgehead atoms. The first kappa shape index (κ1) is 29.2. The third-order valence-electron chi connectivity index (χ3n) is 7.09. The van der Waals surface area contributed by atoms with E-state index in [1.165, 1.54) is 18.6 Å². The van der Waals surface area contributed by atoms with Crippen LogP contribution >= 0.6 is 15.6 Å². The number of aliphatic hydroxyl groups is 2. The van der Waals surface area contributed by atoms with Crippen molar-refractivity contribution < 1.29 is 52.0 Å². The third-order valence-corrected chi connectivity index (χ3v) is 9.06. The molecule has 2 saturated heterocycles. The fraction of sp³-hybridized carbons (Fsp3) is 0.550. The molecule has 6 rings (SSSR count). The number of nitrogens with one attached hydrogen (secondary N) is 2. The van der Waals surface area contributed by atoms with E-state index in [0.717, 1.165) is 10.9 Å². The van der Waals surface area contributed by atoms with E-state index in [4.69, 9.17) is 28.6 Å². The number of nitrogen functional groups attached to an aromatic ring is 1. The van der Waals surface area contributed by atoms with Crippen molar-refractivity contribution in [1.82, 2.24) is 29.5 Å². The van der Waals surface area contributed by atoms with Gasteiger partial charge in [0.05, 0.1) is 25.6 Å². The molecule has 22 heteroatoms. The first-order chi connectivity index (χ1) is 19.9. The second-order valence-corrected chi connectivity index (χ2v) is 12.6. The van der Waals surface area contributed by atoms with E-state index < -0.39 is 83.1 Å². The zero-order chi connectivity index (χ0) is 29.8. The third kappa shape index (κ3) is 5.71. The fourth-order valence-corrected chi connectivity index (χ4v) is 7.16. The number of nitrogens with two attached hydrogens (primary N) is 1. The highest BCUT2D eigenvalue weighted by Gasteiger charge is 2.53. The molecular formula is C20H26N8O12P2. The minimum atomic E-state index is -4.98. The molecule has 0 aromatic carbocycles. The highest BCUT2D eigenvalue weighted by Crippen LogP contribution is 2.54. The van der Waals surface area contributed by atoms with Gasteiger partial charge in [-0.25, -0.2) is 24.1 Å². The van der Waals surface area contributed by atoms with Crippen molar-refractivity contribution >= 4 is 38.6 Å². The van der Waals surface area contributed by atoms with E-state index in [1.54, 1.807) is 0 Å². The number of aliphatic hydroxyl groups excluding tert-OH is 2. The number of H-pyrrole nitrogens is 1. The number of rotatable bonds is 3. The molecule has 2 unspecified atom stereocenters. The van der Waals surface area contributed by atoms with Gasteiger partial charge in [0.25, 0.3) is 5.56 Å². The number of phosphoric acid groups is 2. The highest BCUT2D eigenvalue weighted by molar-refractivity contribution is 7.47. The number of anilines is 2. The zero-order valence-electron chi connectivity index (χ0n) is 21.3. The Balaban J connectivity index is 1.29. The summed E-state index contributed by atoms with van der Waals surface area (Å²) in [5.41, 5.74) is 4.73. The average Bonchev–Trinajstić information content (AvgIpc) is 3.57. The van der Waals surface area contributed by atoms with Gasteiger partial charge in [0.1, 0.15) is 42.7 Å². The Labute approximate surface area is 235 Å². The quantitative estimate of drug-likeness (QED) is 0.164. The smallest absolute Gasteiger partial charge is 0.388 e. The molecule has 3 aliphatic rings. The number of imidazole rings is 1. The lowest BCUT2D eigenvalue weighted by atomic mass is 10.1. The van der Waals surface area contributed by atoms with Crippen LogP contribution in [0.25, 0.3) is 11.2 Å². The summed E-state index contributed by atoms with van der Waals surface area (Å²) in [5.74, 6) is -0.816. The summed E-state index contributed by atoms with van der Waals surface area (Å²) < 4.78 is 53.9. The maximum atomic E-state index is 13.1. The number of hydrogen-bond donors (Lipinski definition) is 7. The Kier molecular flexibility index (Phi) is 7.65. The number of ether oxygens (including phenoxy) is 1. The number of aromatic nitrogens is 6. The van der Waals surface area contributed by atoms with E-state index in [0.29, 0.717) is 5.82 Å². The van der Waals surface area contributed by atoms with Crippen LogP contribution in [0.1, 0.15) is 12.6 Å². The Hall–Kier alpha value is -2.87. The second kappa shape index (κ2) is 11.0. The van der Waals surface area contributed by atoms with Gasteiger partial charge < -0.3 is 35.8 Å². The summed E-state index contributed by atoms with van der Waals surface area (Å²) in [6, 6.07) is 0.767. The predicted molar refractivity (Wildman–Crippen MR) is 137 cm³/mol. The standard InChI is InChI=1S/C20H26N8O12P2/c21-20-26-17-12(18(31)27-20)24-7-28(17)19-16-14(30)10(38-19)5-37-42(34,35)39-15-8(4-36-41(32,33)40-16)3-9(13(15)29)25-11-1-2-22-6-23-11/h1-2,6-10,13-16,19,29-30H,3-5H2,(H,32,33)(H,34,35)(H,22,23,25)(H3,21,26,27,31)/t8-,9-,10-,13+,14-,15-,16-,19-/m1/s1. The molecule has 42 heavy (non-hydrogen) atoms. The molecule has 1 aliphatic carbocycles. The van der Waals surface area contributed by atoms with Crippen LogP contribution in [-0.2, 0) is 32.0 Å². The van der Waals surface area contributed by atoms with Gasteiger partial charge in [-0.05, 0) is 12.5 Å².